The molecule has 102 valence electrons. The molecule has 1 heterocycles. The maximum Gasteiger partial charge on any atom is 0.325 e. The SMILES string of the molecule is CC1(C)NC(=O)N(CCCNC(=O)C(F)Cl)C1=O. The monoisotopic (exact) mass is 279 g/mol. The van der Waals surface area contributed by atoms with Crippen LogP contribution in [0.25, 0.3) is 0 Å². The van der Waals surface area contributed by atoms with E-state index >= 15 is 0 Å². The summed E-state index contributed by atoms with van der Waals surface area (Å²) >= 11 is 4.91. The van der Waals surface area contributed by atoms with Crippen molar-refractivity contribution >= 4 is 29.4 Å². The standard InChI is InChI=1S/C10H15ClFN3O3/c1-10(2)8(17)15(9(18)14-10)5-3-4-13-7(16)6(11)12/h6H,3-5H2,1-2H3,(H,13,16)(H,14,18). The molecule has 18 heavy (non-hydrogen) atoms. The van der Waals surface area contributed by atoms with Gasteiger partial charge in [-0.3, -0.25) is 14.5 Å². The number of urea groups is 1. The van der Waals surface area contributed by atoms with Crippen molar-refractivity contribution in [3.8, 4) is 0 Å². The zero-order valence-corrected chi connectivity index (χ0v) is 10.9. The summed E-state index contributed by atoms with van der Waals surface area (Å²) in [4.78, 5) is 35.1. The zero-order chi connectivity index (χ0) is 13.9. The van der Waals surface area contributed by atoms with E-state index in [9.17, 15) is 18.8 Å². The molecular weight excluding hydrogens is 265 g/mol. The second kappa shape index (κ2) is 5.51. The third-order valence-corrected chi connectivity index (χ3v) is 2.70. The van der Waals surface area contributed by atoms with Gasteiger partial charge in [0.25, 0.3) is 17.4 Å². The van der Waals surface area contributed by atoms with Crippen LogP contribution < -0.4 is 10.6 Å². The van der Waals surface area contributed by atoms with Crippen molar-refractivity contribution in [2.45, 2.75) is 31.4 Å². The molecule has 1 unspecified atom stereocenters. The van der Waals surface area contributed by atoms with Crippen LogP contribution in [0.4, 0.5) is 9.18 Å². The van der Waals surface area contributed by atoms with Crippen LogP contribution in [0.2, 0.25) is 0 Å². The van der Waals surface area contributed by atoms with Gasteiger partial charge in [0.2, 0.25) is 0 Å². The summed E-state index contributed by atoms with van der Waals surface area (Å²) in [6.45, 7) is 3.52. The summed E-state index contributed by atoms with van der Waals surface area (Å²) in [5.41, 5.74) is -2.99. The lowest BCUT2D eigenvalue weighted by Crippen LogP contribution is -2.40. The molecule has 1 aliphatic rings. The number of amides is 4. The number of imide groups is 1. The molecule has 0 aromatic carbocycles. The molecule has 2 N–H and O–H groups in total. The Balaban J connectivity index is 2.35. The average Bonchev–Trinajstić information content (AvgIpc) is 2.44. The van der Waals surface area contributed by atoms with Gasteiger partial charge in [-0.1, -0.05) is 11.6 Å². The van der Waals surface area contributed by atoms with Gasteiger partial charge in [-0.25, -0.2) is 9.18 Å². The third-order valence-electron chi connectivity index (χ3n) is 2.50. The van der Waals surface area contributed by atoms with Crippen LogP contribution in [0, 0.1) is 0 Å². The van der Waals surface area contributed by atoms with Crippen LogP contribution in [-0.4, -0.2) is 47.0 Å². The first kappa shape index (κ1) is 14.7. The van der Waals surface area contributed by atoms with Crippen LogP contribution in [0.15, 0.2) is 0 Å². The molecule has 1 saturated heterocycles. The van der Waals surface area contributed by atoms with Gasteiger partial charge in [-0.05, 0) is 20.3 Å². The summed E-state index contributed by atoms with van der Waals surface area (Å²) in [5, 5.41) is 4.77. The van der Waals surface area contributed by atoms with Crippen LogP contribution in [0.5, 0.6) is 0 Å². The number of rotatable bonds is 5. The molecule has 0 aromatic heterocycles. The van der Waals surface area contributed by atoms with Crippen molar-refractivity contribution in [1.29, 1.82) is 0 Å². The van der Waals surface area contributed by atoms with Crippen LogP contribution in [0.1, 0.15) is 20.3 Å². The summed E-state index contributed by atoms with van der Waals surface area (Å²) < 4.78 is 12.3. The van der Waals surface area contributed by atoms with Gasteiger partial charge in [0.1, 0.15) is 5.54 Å². The van der Waals surface area contributed by atoms with Crippen molar-refractivity contribution in [3.05, 3.63) is 0 Å². The second-order valence-corrected chi connectivity index (χ2v) is 4.84. The largest absolute Gasteiger partial charge is 0.352 e. The fraction of sp³-hybridized carbons (Fsp3) is 0.700. The number of hydrogen-bond donors (Lipinski definition) is 2. The minimum atomic E-state index is -2.08. The molecule has 0 aliphatic carbocycles. The lowest BCUT2D eigenvalue weighted by molar-refractivity contribution is -0.130. The number of halogens is 2. The fourth-order valence-corrected chi connectivity index (χ4v) is 1.62. The Labute approximate surface area is 109 Å². The highest BCUT2D eigenvalue weighted by atomic mass is 35.5. The van der Waals surface area contributed by atoms with Gasteiger partial charge in [0.05, 0.1) is 0 Å². The summed E-state index contributed by atoms with van der Waals surface area (Å²) in [5.74, 6) is -1.24. The number of hydrogen-bond acceptors (Lipinski definition) is 3. The first-order valence-electron chi connectivity index (χ1n) is 5.45. The lowest BCUT2D eigenvalue weighted by atomic mass is 10.1. The number of carbonyl (C=O) groups is 3. The number of alkyl halides is 2. The van der Waals surface area contributed by atoms with Crippen molar-refractivity contribution in [3.63, 3.8) is 0 Å². The van der Waals surface area contributed by atoms with E-state index in [1.807, 2.05) is 0 Å². The van der Waals surface area contributed by atoms with Gasteiger partial charge < -0.3 is 10.6 Å². The van der Waals surface area contributed by atoms with Gasteiger partial charge >= 0.3 is 6.03 Å². The van der Waals surface area contributed by atoms with E-state index in [-0.39, 0.29) is 19.0 Å². The molecule has 0 aromatic rings. The van der Waals surface area contributed by atoms with Gasteiger partial charge in [0.15, 0.2) is 0 Å². The topological polar surface area (TPSA) is 78.5 Å². The molecule has 0 bridgehead atoms. The van der Waals surface area contributed by atoms with E-state index in [2.05, 4.69) is 10.6 Å². The van der Waals surface area contributed by atoms with Gasteiger partial charge in [0, 0.05) is 13.1 Å². The molecule has 1 rings (SSSR count). The molecular formula is C10H15ClFN3O3. The lowest BCUT2D eigenvalue weighted by Gasteiger charge is -2.15. The quantitative estimate of drug-likeness (QED) is 0.433. The minimum Gasteiger partial charge on any atom is -0.352 e. The Morgan fingerprint density at radius 1 is 1.56 bits per heavy atom. The zero-order valence-electron chi connectivity index (χ0n) is 10.1. The summed E-state index contributed by atoms with van der Waals surface area (Å²) in [6, 6.07) is -0.461. The number of carbonyl (C=O) groups excluding carboxylic acids is 3. The van der Waals surface area contributed by atoms with E-state index in [4.69, 9.17) is 11.6 Å². The van der Waals surface area contributed by atoms with Crippen molar-refractivity contribution < 1.29 is 18.8 Å². The molecule has 1 aliphatic heterocycles. The van der Waals surface area contributed by atoms with Crippen molar-refractivity contribution in [2.75, 3.05) is 13.1 Å². The van der Waals surface area contributed by atoms with Gasteiger partial charge in [-0.2, -0.15) is 0 Å². The van der Waals surface area contributed by atoms with E-state index < -0.39 is 23.1 Å². The molecule has 0 saturated carbocycles. The van der Waals surface area contributed by atoms with Crippen molar-refractivity contribution in [2.24, 2.45) is 0 Å². The smallest absolute Gasteiger partial charge is 0.325 e. The molecule has 0 radical (unpaired) electrons. The van der Waals surface area contributed by atoms with Gasteiger partial charge in [-0.15, -0.1) is 0 Å². The molecule has 6 nitrogen and oxygen atoms in total. The summed E-state index contributed by atoms with van der Waals surface area (Å²) in [6.07, 6.45) is 0.338. The first-order valence-corrected chi connectivity index (χ1v) is 5.89. The highest BCUT2D eigenvalue weighted by Crippen LogP contribution is 2.16. The van der Waals surface area contributed by atoms with Crippen LogP contribution >= 0.6 is 11.6 Å². The third kappa shape index (κ3) is 3.32. The Kier molecular flexibility index (Phi) is 4.50. The number of nitrogens with zero attached hydrogens (tertiary/aromatic N) is 1. The fourth-order valence-electron chi connectivity index (χ4n) is 1.55. The molecule has 8 heteroatoms. The highest BCUT2D eigenvalue weighted by molar-refractivity contribution is 6.29. The first-order chi connectivity index (χ1) is 8.25. The maximum atomic E-state index is 12.3. The summed E-state index contributed by atoms with van der Waals surface area (Å²) in [7, 11) is 0. The molecule has 0 spiro atoms. The van der Waals surface area contributed by atoms with E-state index in [1.165, 1.54) is 0 Å². The Morgan fingerprint density at radius 2 is 2.17 bits per heavy atom. The Bertz CT molecular complexity index is 373. The minimum absolute atomic E-state index is 0.142. The molecule has 1 atom stereocenters. The highest BCUT2D eigenvalue weighted by Gasteiger charge is 2.43. The average molecular weight is 280 g/mol. The molecule has 1 fully saturated rings. The van der Waals surface area contributed by atoms with Crippen molar-refractivity contribution in [1.82, 2.24) is 15.5 Å². The van der Waals surface area contributed by atoms with E-state index in [0.29, 0.717) is 6.42 Å². The normalized spacial score (nSPS) is 19.7. The van der Waals surface area contributed by atoms with E-state index in [1.54, 1.807) is 13.8 Å². The molecule has 4 amide bonds. The van der Waals surface area contributed by atoms with Crippen LogP contribution in [0.3, 0.4) is 0 Å². The number of nitrogens with one attached hydrogen (secondary N) is 2. The predicted octanol–water partition coefficient (Wildman–Crippen LogP) is 0.358. The maximum absolute atomic E-state index is 12.3. The Hall–Kier alpha value is -1.37. The van der Waals surface area contributed by atoms with E-state index in [0.717, 1.165) is 4.90 Å². The Morgan fingerprint density at radius 3 is 2.61 bits per heavy atom. The predicted molar refractivity (Wildman–Crippen MR) is 62.7 cm³/mol. The second-order valence-electron chi connectivity index (χ2n) is 4.46. The van der Waals surface area contributed by atoms with Crippen LogP contribution in [-0.2, 0) is 9.59 Å².